The highest BCUT2D eigenvalue weighted by molar-refractivity contribution is 5.95. The Labute approximate surface area is 112 Å². The third kappa shape index (κ3) is 3.35. The second kappa shape index (κ2) is 5.45. The van der Waals surface area contributed by atoms with Crippen molar-refractivity contribution in [3.8, 4) is 0 Å². The first-order chi connectivity index (χ1) is 9.02. The number of carbonyl (C=O) groups is 1. The van der Waals surface area contributed by atoms with Crippen LogP contribution in [-0.2, 0) is 4.74 Å². The van der Waals surface area contributed by atoms with E-state index in [1.54, 1.807) is 13.3 Å². The fourth-order valence-electron chi connectivity index (χ4n) is 1.74. The van der Waals surface area contributed by atoms with Crippen molar-refractivity contribution in [3.63, 3.8) is 0 Å². The van der Waals surface area contributed by atoms with E-state index in [0.717, 1.165) is 11.0 Å². The van der Waals surface area contributed by atoms with Crippen LogP contribution < -0.4 is 0 Å². The van der Waals surface area contributed by atoms with Gasteiger partial charge < -0.3 is 4.74 Å². The van der Waals surface area contributed by atoms with Crippen molar-refractivity contribution in [2.24, 2.45) is 0 Å². The lowest BCUT2D eigenvalue weighted by Gasteiger charge is -2.21. The van der Waals surface area contributed by atoms with Crippen molar-refractivity contribution in [1.82, 2.24) is 9.97 Å². The van der Waals surface area contributed by atoms with Crippen LogP contribution in [0.4, 0.5) is 0 Å². The molecule has 0 aliphatic rings. The predicted octanol–water partition coefficient (Wildman–Crippen LogP) is 3.02. The van der Waals surface area contributed by atoms with Crippen LogP contribution in [0.5, 0.6) is 0 Å². The Balaban J connectivity index is 2.13. The number of hydrogen-bond acceptors (Lipinski definition) is 4. The molecule has 0 saturated heterocycles. The summed E-state index contributed by atoms with van der Waals surface area (Å²) >= 11 is 0. The minimum Gasteiger partial charge on any atom is -0.379 e. The van der Waals surface area contributed by atoms with Gasteiger partial charge in [-0.05, 0) is 32.4 Å². The van der Waals surface area contributed by atoms with Gasteiger partial charge in [0.15, 0.2) is 5.78 Å². The van der Waals surface area contributed by atoms with Crippen LogP contribution in [0, 0.1) is 0 Å². The Bertz CT molecular complexity index is 593. The predicted molar refractivity (Wildman–Crippen MR) is 74.2 cm³/mol. The smallest absolute Gasteiger partial charge is 0.182 e. The van der Waals surface area contributed by atoms with E-state index >= 15 is 0 Å². The maximum absolute atomic E-state index is 12.1. The second-order valence-corrected chi connectivity index (χ2v) is 5.13. The first kappa shape index (κ1) is 13.6. The van der Waals surface area contributed by atoms with Crippen molar-refractivity contribution in [3.05, 3.63) is 36.2 Å². The average molecular weight is 258 g/mol. The molecule has 0 bridgehead atoms. The molecule has 2 rings (SSSR count). The molecule has 0 amide bonds. The SMILES string of the molecule is COC(C)(C)CCC(=O)c1cnc2ccccc2n1. The summed E-state index contributed by atoms with van der Waals surface area (Å²) in [6, 6.07) is 7.53. The lowest BCUT2D eigenvalue weighted by Crippen LogP contribution is -2.23. The van der Waals surface area contributed by atoms with Crippen LogP contribution in [0.1, 0.15) is 37.2 Å². The van der Waals surface area contributed by atoms with Crippen molar-refractivity contribution in [2.75, 3.05) is 7.11 Å². The highest BCUT2D eigenvalue weighted by Gasteiger charge is 2.19. The van der Waals surface area contributed by atoms with Gasteiger partial charge in [0.05, 0.1) is 22.8 Å². The number of ether oxygens (including phenoxy) is 1. The first-order valence-corrected chi connectivity index (χ1v) is 6.32. The molecule has 0 spiro atoms. The molecule has 0 aliphatic carbocycles. The fourth-order valence-corrected chi connectivity index (χ4v) is 1.74. The second-order valence-electron chi connectivity index (χ2n) is 5.13. The Morgan fingerprint density at radius 1 is 1.26 bits per heavy atom. The Morgan fingerprint density at radius 3 is 2.63 bits per heavy atom. The number of benzene rings is 1. The molecular formula is C15H18N2O2. The molecule has 4 nitrogen and oxygen atoms in total. The number of rotatable bonds is 5. The van der Waals surface area contributed by atoms with Gasteiger partial charge in [-0.3, -0.25) is 9.78 Å². The molecule has 0 N–H and O–H groups in total. The van der Waals surface area contributed by atoms with Crippen LogP contribution in [0.15, 0.2) is 30.5 Å². The van der Waals surface area contributed by atoms with Gasteiger partial charge in [0.25, 0.3) is 0 Å². The number of nitrogens with zero attached hydrogens (tertiary/aromatic N) is 2. The highest BCUT2D eigenvalue weighted by atomic mass is 16.5. The topological polar surface area (TPSA) is 52.1 Å². The molecule has 0 atom stereocenters. The molecule has 0 saturated carbocycles. The van der Waals surface area contributed by atoms with E-state index in [0.29, 0.717) is 18.5 Å². The van der Waals surface area contributed by atoms with Crippen molar-refractivity contribution < 1.29 is 9.53 Å². The van der Waals surface area contributed by atoms with E-state index in [9.17, 15) is 4.79 Å². The van der Waals surface area contributed by atoms with Crippen LogP contribution in [0.25, 0.3) is 11.0 Å². The van der Waals surface area contributed by atoms with Gasteiger partial charge in [0.2, 0.25) is 0 Å². The first-order valence-electron chi connectivity index (χ1n) is 6.32. The summed E-state index contributed by atoms with van der Waals surface area (Å²) < 4.78 is 5.31. The number of aromatic nitrogens is 2. The van der Waals surface area contributed by atoms with Crippen molar-refractivity contribution in [1.29, 1.82) is 0 Å². The van der Waals surface area contributed by atoms with Crippen molar-refractivity contribution in [2.45, 2.75) is 32.3 Å². The fraction of sp³-hybridized carbons (Fsp3) is 0.400. The summed E-state index contributed by atoms with van der Waals surface area (Å²) in [4.78, 5) is 20.7. The molecular weight excluding hydrogens is 240 g/mol. The molecule has 100 valence electrons. The number of Topliss-reactive ketones (excluding diaryl/α,β-unsaturated/α-hetero) is 1. The third-order valence-electron chi connectivity index (χ3n) is 3.24. The van der Waals surface area contributed by atoms with Crippen LogP contribution >= 0.6 is 0 Å². The van der Waals surface area contributed by atoms with Gasteiger partial charge in [-0.15, -0.1) is 0 Å². The van der Waals surface area contributed by atoms with Gasteiger partial charge in [-0.2, -0.15) is 0 Å². The van der Waals surface area contributed by atoms with Gasteiger partial charge in [0, 0.05) is 13.5 Å². The normalized spacial score (nSPS) is 11.7. The maximum atomic E-state index is 12.1. The van der Waals surface area contributed by atoms with Crippen LogP contribution in [0.3, 0.4) is 0 Å². The Kier molecular flexibility index (Phi) is 3.90. The third-order valence-corrected chi connectivity index (χ3v) is 3.24. The molecule has 2 aromatic rings. The van der Waals surface area contributed by atoms with E-state index in [-0.39, 0.29) is 11.4 Å². The molecule has 1 aromatic heterocycles. The summed E-state index contributed by atoms with van der Waals surface area (Å²) in [7, 11) is 1.65. The summed E-state index contributed by atoms with van der Waals surface area (Å²) in [6.45, 7) is 3.93. The quantitative estimate of drug-likeness (QED) is 0.773. The molecule has 19 heavy (non-hydrogen) atoms. The van der Waals surface area contributed by atoms with E-state index in [1.807, 2.05) is 38.1 Å². The minimum atomic E-state index is -0.292. The number of carbonyl (C=O) groups excluding carboxylic acids is 1. The van der Waals surface area contributed by atoms with Gasteiger partial charge >= 0.3 is 0 Å². The van der Waals surface area contributed by atoms with E-state index in [2.05, 4.69) is 9.97 Å². The highest BCUT2D eigenvalue weighted by Crippen LogP contribution is 2.17. The Hall–Kier alpha value is -1.81. The van der Waals surface area contributed by atoms with Gasteiger partial charge in [-0.1, -0.05) is 12.1 Å². The summed E-state index contributed by atoms with van der Waals surface area (Å²) in [5.41, 5.74) is 1.68. The van der Waals surface area contributed by atoms with E-state index in [1.165, 1.54) is 0 Å². The van der Waals surface area contributed by atoms with Crippen LogP contribution in [-0.4, -0.2) is 28.5 Å². The largest absolute Gasteiger partial charge is 0.379 e. The number of hydrogen-bond donors (Lipinski definition) is 0. The number of para-hydroxylation sites is 2. The van der Waals surface area contributed by atoms with Gasteiger partial charge in [0.1, 0.15) is 5.69 Å². The monoisotopic (exact) mass is 258 g/mol. The standard InChI is InChI=1S/C15H18N2O2/c1-15(2,19-3)9-8-14(18)13-10-16-11-6-4-5-7-12(11)17-13/h4-7,10H,8-9H2,1-3H3. The summed E-state index contributed by atoms with van der Waals surface area (Å²) in [5, 5.41) is 0. The molecule has 1 heterocycles. The Morgan fingerprint density at radius 2 is 1.95 bits per heavy atom. The zero-order valence-electron chi connectivity index (χ0n) is 11.5. The zero-order chi connectivity index (χ0) is 13.9. The molecule has 1 aromatic carbocycles. The van der Waals surface area contributed by atoms with Crippen molar-refractivity contribution >= 4 is 16.8 Å². The number of ketones is 1. The van der Waals surface area contributed by atoms with Gasteiger partial charge in [-0.25, -0.2) is 4.98 Å². The molecule has 0 unspecified atom stereocenters. The molecule has 0 fully saturated rings. The van der Waals surface area contributed by atoms with E-state index in [4.69, 9.17) is 4.74 Å². The number of methoxy groups -OCH3 is 1. The van der Waals surface area contributed by atoms with Crippen LogP contribution in [0.2, 0.25) is 0 Å². The molecule has 4 heteroatoms. The summed E-state index contributed by atoms with van der Waals surface area (Å²) in [6.07, 6.45) is 2.62. The minimum absolute atomic E-state index is 0.00313. The lowest BCUT2D eigenvalue weighted by atomic mass is 10.00. The lowest BCUT2D eigenvalue weighted by molar-refractivity contribution is 0.0141. The molecule has 0 aliphatic heterocycles. The zero-order valence-corrected chi connectivity index (χ0v) is 11.5. The van der Waals surface area contributed by atoms with E-state index < -0.39 is 0 Å². The average Bonchev–Trinajstić information content (AvgIpc) is 2.44. The summed E-state index contributed by atoms with van der Waals surface area (Å²) in [5.74, 6) is 0.00313. The number of fused-ring (bicyclic) bond motifs is 1. The molecule has 0 radical (unpaired) electrons. The maximum Gasteiger partial charge on any atom is 0.182 e.